The number of aromatic hydroxyl groups is 1. The second-order valence-corrected chi connectivity index (χ2v) is 5.28. The van der Waals surface area contributed by atoms with Crippen LogP contribution in [0.2, 0.25) is 0 Å². The van der Waals surface area contributed by atoms with Crippen molar-refractivity contribution < 1.29 is 14.2 Å². The van der Waals surface area contributed by atoms with Gasteiger partial charge in [0.1, 0.15) is 11.6 Å². The van der Waals surface area contributed by atoms with Crippen LogP contribution >= 0.6 is 0 Å². The third kappa shape index (κ3) is 3.40. The highest BCUT2D eigenvalue weighted by molar-refractivity contribution is 5.68. The first-order chi connectivity index (χ1) is 10.2. The molecule has 3 rings (SSSR count). The zero-order chi connectivity index (χ0) is 14.7. The second-order valence-electron chi connectivity index (χ2n) is 5.28. The number of ether oxygens (including phenoxy) is 1. The molecule has 110 valence electrons. The molecule has 21 heavy (non-hydrogen) atoms. The maximum Gasteiger partial charge on any atom is 0.123 e. The first-order valence-corrected chi connectivity index (χ1v) is 7.12. The molecule has 1 aliphatic rings. The lowest BCUT2D eigenvalue weighted by atomic mass is 9.99. The predicted octanol–water partition coefficient (Wildman–Crippen LogP) is 3.08. The van der Waals surface area contributed by atoms with Crippen molar-refractivity contribution in [3.63, 3.8) is 0 Å². The van der Waals surface area contributed by atoms with E-state index in [1.54, 1.807) is 24.3 Å². The standard InChI is InChI=1S/C17H18FNO2/c18-14-4-5-17(12-2-1-3-15(20)9-12)13(8-14)11-21-16-6-7-19-10-16/h1-5,8-9,16,19-20H,6-7,10-11H2/t16-/m0/s1. The van der Waals surface area contributed by atoms with Gasteiger partial charge in [0, 0.05) is 6.54 Å². The molecule has 2 aromatic rings. The van der Waals surface area contributed by atoms with Crippen LogP contribution in [-0.4, -0.2) is 24.3 Å². The normalized spacial score (nSPS) is 18.0. The number of phenolic OH excluding ortho intramolecular Hbond substituents is 1. The van der Waals surface area contributed by atoms with E-state index in [0.29, 0.717) is 6.61 Å². The van der Waals surface area contributed by atoms with Crippen LogP contribution in [0.25, 0.3) is 11.1 Å². The molecule has 0 aromatic heterocycles. The Hall–Kier alpha value is -1.91. The van der Waals surface area contributed by atoms with Crippen LogP contribution in [0.3, 0.4) is 0 Å². The average Bonchev–Trinajstić information content (AvgIpc) is 2.98. The van der Waals surface area contributed by atoms with Crippen molar-refractivity contribution in [2.75, 3.05) is 13.1 Å². The zero-order valence-electron chi connectivity index (χ0n) is 11.7. The van der Waals surface area contributed by atoms with Gasteiger partial charge >= 0.3 is 0 Å². The Balaban J connectivity index is 1.85. The van der Waals surface area contributed by atoms with Gasteiger partial charge in [0.2, 0.25) is 0 Å². The highest BCUT2D eigenvalue weighted by atomic mass is 19.1. The van der Waals surface area contributed by atoms with Crippen molar-refractivity contribution in [3.05, 3.63) is 53.8 Å². The Labute approximate surface area is 123 Å². The molecule has 3 nitrogen and oxygen atoms in total. The number of hydrogen-bond donors (Lipinski definition) is 2. The summed E-state index contributed by atoms with van der Waals surface area (Å²) in [6.07, 6.45) is 1.17. The van der Waals surface area contributed by atoms with Gasteiger partial charge in [-0.15, -0.1) is 0 Å². The maximum atomic E-state index is 13.5. The highest BCUT2D eigenvalue weighted by Gasteiger charge is 2.16. The zero-order valence-corrected chi connectivity index (χ0v) is 11.7. The fourth-order valence-electron chi connectivity index (χ4n) is 2.61. The van der Waals surface area contributed by atoms with E-state index in [1.165, 1.54) is 12.1 Å². The third-order valence-electron chi connectivity index (χ3n) is 3.71. The number of phenols is 1. The lowest BCUT2D eigenvalue weighted by Crippen LogP contribution is -2.16. The minimum absolute atomic E-state index is 0.185. The van der Waals surface area contributed by atoms with Gasteiger partial charge in [0.05, 0.1) is 12.7 Å². The van der Waals surface area contributed by atoms with Crippen LogP contribution in [-0.2, 0) is 11.3 Å². The van der Waals surface area contributed by atoms with E-state index in [9.17, 15) is 9.50 Å². The van der Waals surface area contributed by atoms with Crippen LogP contribution in [0.1, 0.15) is 12.0 Å². The van der Waals surface area contributed by atoms with Crippen LogP contribution in [0.4, 0.5) is 4.39 Å². The molecule has 0 radical (unpaired) electrons. The molecule has 1 aliphatic heterocycles. The van der Waals surface area contributed by atoms with Gasteiger partial charge in [-0.2, -0.15) is 0 Å². The molecule has 0 unspecified atom stereocenters. The van der Waals surface area contributed by atoms with E-state index in [4.69, 9.17) is 4.74 Å². The van der Waals surface area contributed by atoms with Gasteiger partial charge in [-0.1, -0.05) is 18.2 Å². The molecule has 0 aliphatic carbocycles. The summed E-state index contributed by atoms with van der Waals surface area (Å²) < 4.78 is 19.4. The maximum absolute atomic E-state index is 13.5. The van der Waals surface area contributed by atoms with E-state index < -0.39 is 0 Å². The molecule has 1 heterocycles. The van der Waals surface area contributed by atoms with Gasteiger partial charge in [-0.05, 0) is 53.9 Å². The van der Waals surface area contributed by atoms with Crippen LogP contribution in [0.15, 0.2) is 42.5 Å². The molecule has 0 bridgehead atoms. The van der Waals surface area contributed by atoms with Crippen molar-refractivity contribution in [3.8, 4) is 16.9 Å². The number of hydrogen-bond acceptors (Lipinski definition) is 3. The molecule has 0 spiro atoms. The van der Waals surface area contributed by atoms with E-state index >= 15 is 0 Å². The topological polar surface area (TPSA) is 41.5 Å². The van der Waals surface area contributed by atoms with Crippen molar-refractivity contribution >= 4 is 0 Å². The second kappa shape index (κ2) is 6.24. The van der Waals surface area contributed by atoms with Crippen molar-refractivity contribution in [2.24, 2.45) is 0 Å². The fraction of sp³-hybridized carbons (Fsp3) is 0.294. The minimum atomic E-state index is -0.276. The number of nitrogens with one attached hydrogen (secondary N) is 1. The highest BCUT2D eigenvalue weighted by Crippen LogP contribution is 2.28. The molecular formula is C17H18FNO2. The van der Waals surface area contributed by atoms with Crippen molar-refractivity contribution in [2.45, 2.75) is 19.1 Å². The molecule has 1 atom stereocenters. The fourth-order valence-corrected chi connectivity index (χ4v) is 2.61. The summed E-state index contributed by atoms with van der Waals surface area (Å²) >= 11 is 0. The number of halogens is 1. The molecule has 1 fully saturated rings. The number of rotatable bonds is 4. The van der Waals surface area contributed by atoms with E-state index in [2.05, 4.69) is 5.32 Å². The number of benzene rings is 2. The Kier molecular flexibility index (Phi) is 4.18. The lowest BCUT2D eigenvalue weighted by Gasteiger charge is -2.14. The molecule has 4 heteroatoms. The van der Waals surface area contributed by atoms with Gasteiger partial charge in [-0.3, -0.25) is 0 Å². The Morgan fingerprint density at radius 3 is 2.90 bits per heavy atom. The quantitative estimate of drug-likeness (QED) is 0.908. The molecule has 0 saturated carbocycles. The first kappa shape index (κ1) is 14.0. The lowest BCUT2D eigenvalue weighted by molar-refractivity contribution is 0.0543. The average molecular weight is 287 g/mol. The summed E-state index contributed by atoms with van der Waals surface area (Å²) in [4.78, 5) is 0. The summed E-state index contributed by atoms with van der Waals surface area (Å²) in [5.41, 5.74) is 2.55. The largest absolute Gasteiger partial charge is 0.508 e. The van der Waals surface area contributed by atoms with Crippen LogP contribution in [0.5, 0.6) is 5.75 Å². The Morgan fingerprint density at radius 2 is 2.14 bits per heavy atom. The van der Waals surface area contributed by atoms with Crippen LogP contribution in [0, 0.1) is 5.82 Å². The van der Waals surface area contributed by atoms with E-state index in [-0.39, 0.29) is 17.7 Å². The summed E-state index contributed by atoms with van der Waals surface area (Å²) in [5.74, 6) is -0.0780. The van der Waals surface area contributed by atoms with E-state index in [0.717, 1.165) is 36.2 Å². The van der Waals surface area contributed by atoms with Gasteiger partial charge in [0.25, 0.3) is 0 Å². The van der Waals surface area contributed by atoms with Gasteiger partial charge < -0.3 is 15.2 Å². The minimum Gasteiger partial charge on any atom is -0.508 e. The molecule has 2 N–H and O–H groups in total. The van der Waals surface area contributed by atoms with Gasteiger partial charge in [0.15, 0.2) is 0 Å². The molecule has 1 saturated heterocycles. The molecular weight excluding hydrogens is 269 g/mol. The van der Waals surface area contributed by atoms with Gasteiger partial charge in [-0.25, -0.2) is 4.39 Å². The van der Waals surface area contributed by atoms with Crippen LogP contribution < -0.4 is 5.32 Å². The Morgan fingerprint density at radius 1 is 1.24 bits per heavy atom. The smallest absolute Gasteiger partial charge is 0.123 e. The molecule has 0 amide bonds. The summed E-state index contributed by atoms with van der Waals surface area (Å²) in [6, 6.07) is 11.6. The Bertz CT molecular complexity index is 624. The summed E-state index contributed by atoms with van der Waals surface area (Å²) in [6.45, 7) is 2.18. The van der Waals surface area contributed by atoms with Crippen molar-refractivity contribution in [1.29, 1.82) is 0 Å². The summed E-state index contributed by atoms with van der Waals surface area (Å²) in [7, 11) is 0. The van der Waals surface area contributed by atoms with E-state index in [1.807, 2.05) is 6.07 Å². The summed E-state index contributed by atoms with van der Waals surface area (Å²) in [5, 5.41) is 12.9. The SMILES string of the molecule is Oc1cccc(-c2ccc(F)cc2CO[C@H]2CCNC2)c1. The molecule has 2 aromatic carbocycles. The first-order valence-electron chi connectivity index (χ1n) is 7.12. The predicted molar refractivity (Wildman–Crippen MR) is 79.6 cm³/mol. The van der Waals surface area contributed by atoms with Crippen molar-refractivity contribution in [1.82, 2.24) is 5.32 Å². The third-order valence-corrected chi connectivity index (χ3v) is 3.71. The monoisotopic (exact) mass is 287 g/mol.